The van der Waals surface area contributed by atoms with E-state index in [1.54, 1.807) is 30.5 Å². The molecule has 3 heteroatoms. The lowest BCUT2D eigenvalue weighted by atomic mass is 10.2. The van der Waals surface area contributed by atoms with Crippen LogP contribution in [0, 0.1) is 12.5 Å². The van der Waals surface area contributed by atoms with Gasteiger partial charge in [-0.15, -0.1) is 0 Å². The second-order valence-corrected chi connectivity index (χ2v) is 3.35. The molecule has 0 fully saturated rings. The number of amides is 1. The molecule has 0 aliphatic carbocycles. The average Bonchev–Trinajstić information content (AvgIpc) is 2.42. The maximum absolute atomic E-state index is 12.1. The van der Waals surface area contributed by atoms with Crippen molar-refractivity contribution in [1.29, 1.82) is 0 Å². The minimum absolute atomic E-state index is 0.258. The third-order valence-electron chi connectivity index (χ3n) is 2.26. The molecule has 0 saturated heterocycles. The number of carbonyl (C=O) groups is 1. The van der Waals surface area contributed by atoms with Crippen molar-refractivity contribution >= 4 is 11.6 Å². The van der Waals surface area contributed by atoms with E-state index in [0.29, 0.717) is 11.3 Å². The van der Waals surface area contributed by atoms with Crippen molar-refractivity contribution in [3.05, 3.63) is 60.4 Å². The third kappa shape index (κ3) is 2.32. The Kier molecular flexibility index (Phi) is 3.18. The lowest BCUT2D eigenvalue weighted by molar-refractivity contribution is 0.0999. The van der Waals surface area contributed by atoms with Crippen LogP contribution in [-0.4, -0.2) is 10.9 Å². The molecular formula is C14H10N2O. The van der Waals surface area contributed by atoms with E-state index in [1.165, 1.54) is 11.1 Å². The number of hydrogen-bond donors (Lipinski definition) is 0. The second-order valence-electron chi connectivity index (χ2n) is 3.35. The average molecular weight is 222 g/mol. The van der Waals surface area contributed by atoms with Crippen molar-refractivity contribution in [2.75, 3.05) is 4.90 Å². The summed E-state index contributed by atoms with van der Waals surface area (Å²) in [4.78, 5) is 17.3. The van der Waals surface area contributed by atoms with Crippen molar-refractivity contribution in [2.45, 2.75) is 0 Å². The highest BCUT2D eigenvalue weighted by Gasteiger charge is 2.15. The van der Waals surface area contributed by atoms with Crippen molar-refractivity contribution < 1.29 is 4.79 Å². The number of aromatic nitrogens is 1. The first-order valence-corrected chi connectivity index (χ1v) is 5.08. The molecule has 3 nitrogen and oxygen atoms in total. The summed E-state index contributed by atoms with van der Waals surface area (Å²) >= 11 is 0. The van der Waals surface area contributed by atoms with E-state index < -0.39 is 0 Å². The largest absolute Gasteiger partial charge is 0.271 e. The van der Waals surface area contributed by atoms with E-state index in [0.717, 1.165) is 0 Å². The Hall–Kier alpha value is -2.60. The Balaban J connectivity index is 2.33. The van der Waals surface area contributed by atoms with Crippen LogP contribution in [0.5, 0.6) is 0 Å². The smallest absolute Gasteiger partial charge is 0.268 e. The zero-order valence-electron chi connectivity index (χ0n) is 9.08. The van der Waals surface area contributed by atoms with Crippen LogP contribution in [0.4, 0.5) is 5.69 Å². The van der Waals surface area contributed by atoms with Crippen molar-refractivity contribution in [1.82, 2.24) is 4.98 Å². The van der Waals surface area contributed by atoms with Gasteiger partial charge in [-0.25, -0.2) is 4.90 Å². The summed E-state index contributed by atoms with van der Waals surface area (Å²) < 4.78 is 0. The number of hydrogen-bond acceptors (Lipinski definition) is 2. The normalized spacial score (nSPS) is 9.35. The molecule has 0 atom stereocenters. The fraction of sp³-hybridized carbons (Fsp3) is 0. The van der Waals surface area contributed by atoms with E-state index in [4.69, 9.17) is 6.42 Å². The van der Waals surface area contributed by atoms with Crippen molar-refractivity contribution in [2.24, 2.45) is 0 Å². The molecule has 1 amide bonds. The van der Waals surface area contributed by atoms with Crippen LogP contribution < -0.4 is 4.90 Å². The Bertz CT molecular complexity index is 543. The maximum Gasteiger partial charge on any atom is 0.271 e. The number of para-hydroxylation sites is 1. The quantitative estimate of drug-likeness (QED) is 0.577. The molecule has 17 heavy (non-hydrogen) atoms. The Morgan fingerprint density at radius 1 is 1.18 bits per heavy atom. The second kappa shape index (κ2) is 4.95. The number of pyridine rings is 1. The third-order valence-corrected chi connectivity index (χ3v) is 2.26. The van der Waals surface area contributed by atoms with E-state index in [9.17, 15) is 4.79 Å². The molecule has 1 aromatic heterocycles. The monoisotopic (exact) mass is 222 g/mol. The molecule has 0 spiro atoms. The molecule has 2 aromatic rings. The Morgan fingerprint density at radius 3 is 2.53 bits per heavy atom. The number of nitrogens with zero attached hydrogens (tertiary/aromatic N) is 2. The summed E-state index contributed by atoms with van der Waals surface area (Å²) in [6.45, 7) is 0. The maximum atomic E-state index is 12.1. The van der Waals surface area contributed by atoms with Crippen LogP contribution in [0.1, 0.15) is 10.4 Å². The first kappa shape index (κ1) is 10.9. The molecule has 0 aliphatic rings. The predicted molar refractivity (Wildman–Crippen MR) is 66.3 cm³/mol. The molecule has 0 unspecified atom stereocenters. The predicted octanol–water partition coefficient (Wildman–Crippen LogP) is 2.32. The van der Waals surface area contributed by atoms with Gasteiger partial charge in [-0.3, -0.25) is 9.78 Å². The van der Waals surface area contributed by atoms with Gasteiger partial charge >= 0.3 is 0 Å². The van der Waals surface area contributed by atoms with Gasteiger partial charge in [0.25, 0.3) is 5.91 Å². The zero-order chi connectivity index (χ0) is 12.1. The molecular weight excluding hydrogens is 212 g/mol. The lowest BCUT2D eigenvalue weighted by Crippen LogP contribution is -2.25. The van der Waals surface area contributed by atoms with Gasteiger partial charge in [0.1, 0.15) is 0 Å². The van der Waals surface area contributed by atoms with Gasteiger partial charge in [0.15, 0.2) is 0 Å². The summed E-state index contributed by atoms with van der Waals surface area (Å²) in [6.07, 6.45) is 8.48. The zero-order valence-corrected chi connectivity index (χ0v) is 9.08. The summed E-state index contributed by atoms with van der Waals surface area (Å²) in [6, 6.07) is 14.9. The molecule has 0 aliphatic heterocycles. The molecule has 0 saturated carbocycles. The highest BCUT2D eigenvalue weighted by Crippen LogP contribution is 2.15. The van der Waals surface area contributed by atoms with Crippen LogP contribution in [0.2, 0.25) is 0 Å². The summed E-state index contributed by atoms with van der Waals surface area (Å²) in [5, 5.41) is 0. The van der Waals surface area contributed by atoms with E-state index >= 15 is 0 Å². The van der Waals surface area contributed by atoms with Crippen LogP contribution in [0.15, 0.2) is 54.9 Å². The lowest BCUT2D eigenvalue weighted by Gasteiger charge is -2.15. The molecule has 1 aromatic carbocycles. The number of rotatable bonds is 2. The van der Waals surface area contributed by atoms with Crippen molar-refractivity contribution in [3.63, 3.8) is 0 Å². The Labute approximate surface area is 99.7 Å². The Morgan fingerprint density at radius 2 is 1.94 bits per heavy atom. The molecule has 1 heterocycles. The van der Waals surface area contributed by atoms with Gasteiger partial charge < -0.3 is 0 Å². The standard InChI is InChI=1S/C14H10N2O/c1-2-16(13-8-4-3-5-9-13)14(17)12-7-6-10-15-11-12/h1,3-11H. The first-order chi connectivity index (χ1) is 8.33. The van der Waals surface area contributed by atoms with Crippen LogP contribution in [0.3, 0.4) is 0 Å². The van der Waals surface area contributed by atoms with Gasteiger partial charge in [0.05, 0.1) is 11.3 Å². The van der Waals surface area contributed by atoms with Gasteiger partial charge in [-0.2, -0.15) is 0 Å². The van der Waals surface area contributed by atoms with E-state index in [2.05, 4.69) is 11.0 Å². The summed E-state index contributed by atoms with van der Waals surface area (Å²) in [5.41, 5.74) is 1.14. The van der Waals surface area contributed by atoms with Crippen LogP contribution in [0.25, 0.3) is 0 Å². The topological polar surface area (TPSA) is 33.2 Å². The fourth-order valence-corrected chi connectivity index (χ4v) is 1.45. The fourth-order valence-electron chi connectivity index (χ4n) is 1.45. The van der Waals surface area contributed by atoms with Crippen LogP contribution >= 0.6 is 0 Å². The van der Waals surface area contributed by atoms with Gasteiger partial charge in [0, 0.05) is 18.4 Å². The van der Waals surface area contributed by atoms with Gasteiger partial charge in [-0.05, 0) is 24.3 Å². The van der Waals surface area contributed by atoms with Crippen molar-refractivity contribution in [3.8, 4) is 12.5 Å². The van der Waals surface area contributed by atoms with E-state index in [-0.39, 0.29) is 5.91 Å². The highest BCUT2D eigenvalue weighted by molar-refractivity contribution is 6.07. The highest BCUT2D eigenvalue weighted by atomic mass is 16.2. The molecule has 0 bridgehead atoms. The number of carbonyl (C=O) groups excluding carboxylic acids is 1. The minimum Gasteiger partial charge on any atom is -0.268 e. The molecule has 2 rings (SSSR count). The van der Waals surface area contributed by atoms with Gasteiger partial charge in [-0.1, -0.05) is 24.6 Å². The molecule has 0 N–H and O–H groups in total. The van der Waals surface area contributed by atoms with Crippen LogP contribution in [-0.2, 0) is 0 Å². The summed E-state index contributed by atoms with van der Waals surface area (Å²) in [5.74, 6) is -0.258. The number of benzene rings is 1. The number of anilines is 1. The summed E-state index contributed by atoms with van der Waals surface area (Å²) in [7, 11) is 0. The molecule has 82 valence electrons. The SMILES string of the molecule is C#CN(C(=O)c1cccnc1)c1ccccc1. The van der Waals surface area contributed by atoms with Gasteiger partial charge in [0.2, 0.25) is 0 Å². The van der Waals surface area contributed by atoms with E-state index in [1.807, 2.05) is 18.2 Å². The minimum atomic E-state index is -0.258. The molecule has 0 radical (unpaired) electrons. The number of terminal acetylenes is 1. The first-order valence-electron chi connectivity index (χ1n) is 5.08.